The van der Waals surface area contributed by atoms with Crippen LogP contribution in [-0.4, -0.2) is 35.6 Å². The predicted molar refractivity (Wildman–Crippen MR) is 96.4 cm³/mol. The molecule has 132 valence electrons. The minimum Gasteiger partial charge on any atom is -0.462 e. The van der Waals surface area contributed by atoms with Crippen LogP contribution in [0.2, 0.25) is 5.15 Å². The van der Waals surface area contributed by atoms with Crippen molar-refractivity contribution in [1.29, 1.82) is 0 Å². The topological polar surface area (TPSA) is 53.4 Å². The molecule has 0 aliphatic carbocycles. The molecule has 25 heavy (non-hydrogen) atoms. The summed E-state index contributed by atoms with van der Waals surface area (Å²) < 4.78 is 12.1. The highest BCUT2D eigenvalue weighted by Gasteiger charge is 2.34. The largest absolute Gasteiger partial charge is 0.462 e. The van der Waals surface area contributed by atoms with Crippen LogP contribution in [0.25, 0.3) is 6.08 Å². The molecule has 0 unspecified atom stereocenters. The molecule has 0 bridgehead atoms. The van der Waals surface area contributed by atoms with Gasteiger partial charge in [-0.1, -0.05) is 48.9 Å². The van der Waals surface area contributed by atoms with E-state index in [0.29, 0.717) is 31.5 Å². The van der Waals surface area contributed by atoms with Crippen molar-refractivity contribution in [2.75, 3.05) is 19.8 Å². The van der Waals surface area contributed by atoms with Gasteiger partial charge in [0.2, 0.25) is 0 Å². The monoisotopic (exact) mass is 360 g/mol. The van der Waals surface area contributed by atoms with Gasteiger partial charge in [0.15, 0.2) is 0 Å². The molecule has 6 heteroatoms. The van der Waals surface area contributed by atoms with E-state index in [-0.39, 0.29) is 11.4 Å². The molecule has 1 saturated heterocycles. The lowest BCUT2D eigenvalue weighted by Gasteiger charge is -2.36. The lowest BCUT2D eigenvalue weighted by molar-refractivity contribution is -0.160. The molecule has 0 amide bonds. The lowest BCUT2D eigenvalue weighted by atomic mass is 9.90. The van der Waals surface area contributed by atoms with Crippen LogP contribution in [0.3, 0.4) is 0 Å². The van der Waals surface area contributed by atoms with E-state index in [0.717, 1.165) is 16.8 Å². The van der Waals surface area contributed by atoms with Crippen LogP contribution >= 0.6 is 11.6 Å². The number of hydrogen-bond acceptors (Lipinski definition) is 4. The second-order valence-corrected chi connectivity index (χ2v) is 7.04. The van der Waals surface area contributed by atoms with Crippen molar-refractivity contribution in [3.05, 3.63) is 58.4 Å². The second-order valence-electron chi connectivity index (χ2n) is 6.68. The van der Waals surface area contributed by atoms with Gasteiger partial charge in [0, 0.05) is 17.1 Å². The Morgan fingerprint density at radius 3 is 2.76 bits per heavy atom. The van der Waals surface area contributed by atoms with E-state index in [9.17, 15) is 4.79 Å². The fourth-order valence-electron chi connectivity index (χ4n) is 2.60. The third-order valence-electron chi connectivity index (χ3n) is 4.13. The van der Waals surface area contributed by atoms with Crippen molar-refractivity contribution in [1.82, 2.24) is 9.78 Å². The van der Waals surface area contributed by atoms with Crippen molar-refractivity contribution in [3.8, 4) is 0 Å². The average molecular weight is 361 g/mol. The standard InChI is InChI=1S/C19H21ClN2O3/c1-14-16(8-9-17(23)25-13-19(2)11-24-12-19)18(20)22(21-14)10-15-6-4-3-5-7-15/h3-9H,10-13H2,1-2H3. The number of hydrogen-bond donors (Lipinski definition) is 0. The van der Waals surface area contributed by atoms with Crippen LogP contribution in [0.4, 0.5) is 0 Å². The number of aryl methyl sites for hydroxylation is 1. The highest BCUT2D eigenvalue weighted by Crippen LogP contribution is 2.27. The minimum atomic E-state index is -0.389. The fraction of sp³-hybridized carbons (Fsp3) is 0.368. The molecule has 1 aromatic heterocycles. The summed E-state index contributed by atoms with van der Waals surface area (Å²) in [5.74, 6) is -0.389. The molecule has 1 aliphatic rings. The highest BCUT2D eigenvalue weighted by atomic mass is 35.5. The van der Waals surface area contributed by atoms with Gasteiger partial charge in [-0.3, -0.25) is 0 Å². The third kappa shape index (κ3) is 4.30. The first-order valence-electron chi connectivity index (χ1n) is 8.16. The number of benzene rings is 1. The molecule has 2 heterocycles. The summed E-state index contributed by atoms with van der Waals surface area (Å²) in [4.78, 5) is 11.9. The number of halogens is 1. The zero-order chi connectivity index (χ0) is 17.9. The summed E-state index contributed by atoms with van der Waals surface area (Å²) in [7, 11) is 0. The maximum absolute atomic E-state index is 11.9. The number of aromatic nitrogens is 2. The molecule has 0 saturated carbocycles. The van der Waals surface area contributed by atoms with E-state index in [1.807, 2.05) is 44.2 Å². The number of esters is 1. The maximum atomic E-state index is 11.9. The van der Waals surface area contributed by atoms with Crippen molar-refractivity contribution in [2.45, 2.75) is 20.4 Å². The van der Waals surface area contributed by atoms with E-state index < -0.39 is 0 Å². The van der Waals surface area contributed by atoms with E-state index in [1.54, 1.807) is 10.8 Å². The van der Waals surface area contributed by atoms with Crippen LogP contribution in [0.1, 0.15) is 23.7 Å². The second kappa shape index (κ2) is 7.42. The lowest BCUT2D eigenvalue weighted by Crippen LogP contribution is -2.43. The smallest absolute Gasteiger partial charge is 0.330 e. The molecule has 2 aromatic rings. The quantitative estimate of drug-likeness (QED) is 0.584. The highest BCUT2D eigenvalue weighted by molar-refractivity contribution is 6.31. The maximum Gasteiger partial charge on any atom is 0.330 e. The van der Waals surface area contributed by atoms with E-state index in [2.05, 4.69) is 5.10 Å². The number of nitrogens with zero attached hydrogens (tertiary/aromatic N) is 2. The zero-order valence-electron chi connectivity index (χ0n) is 14.4. The molecule has 1 fully saturated rings. The number of ether oxygens (including phenoxy) is 2. The Labute approximate surface area is 152 Å². The zero-order valence-corrected chi connectivity index (χ0v) is 15.1. The summed E-state index contributed by atoms with van der Waals surface area (Å²) in [6, 6.07) is 9.96. The van der Waals surface area contributed by atoms with Crippen LogP contribution in [0.5, 0.6) is 0 Å². The average Bonchev–Trinajstić information content (AvgIpc) is 2.84. The summed E-state index contributed by atoms with van der Waals surface area (Å²) >= 11 is 6.42. The fourth-order valence-corrected chi connectivity index (χ4v) is 2.89. The van der Waals surface area contributed by atoms with E-state index >= 15 is 0 Å². The molecule has 5 nitrogen and oxygen atoms in total. The van der Waals surface area contributed by atoms with Gasteiger partial charge in [-0.25, -0.2) is 9.48 Å². The van der Waals surface area contributed by atoms with Gasteiger partial charge in [0.1, 0.15) is 11.8 Å². The van der Waals surface area contributed by atoms with Gasteiger partial charge < -0.3 is 9.47 Å². The Morgan fingerprint density at radius 1 is 1.40 bits per heavy atom. The minimum absolute atomic E-state index is 0.0579. The summed E-state index contributed by atoms with van der Waals surface area (Å²) in [6.45, 7) is 6.09. The molecule has 0 spiro atoms. The Kier molecular flexibility index (Phi) is 5.25. The van der Waals surface area contributed by atoms with Crippen LogP contribution in [0.15, 0.2) is 36.4 Å². The Balaban J connectivity index is 1.64. The van der Waals surface area contributed by atoms with Gasteiger partial charge in [-0.2, -0.15) is 5.10 Å². The summed E-state index contributed by atoms with van der Waals surface area (Å²) in [5.41, 5.74) is 2.55. The van der Waals surface area contributed by atoms with Crippen LogP contribution < -0.4 is 0 Å². The van der Waals surface area contributed by atoms with Gasteiger partial charge in [-0.05, 0) is 18.6 Å². The first-order chi connectivity index (χ1) is 12.0. The first kappa shape index (κ1) is 17.7. The van der Waals surface area contributed by atoms with E-state index in [4.69, 9.17) is 21.1 Å². The van der Waals surface area contributed by atoms with Gasteiger partial charge in [-0.15, -0.1) is 0 Å². The number of rotatable bonds is 6. The SMILES string of the molecule is Cc1nn(Cc2ccccc2)c(Cl)c1C=CC(=O)OCC1(C)COC1. The molecule has 0 N–H and O–H groups in total. The van der Waals surface area contributed by atoms with Crippen molar-refractivity contribution < 1.29 is 14.3 Å². The number of carbonyl (C=O) groups is 1. The Morgan fingerprint density at radius 2 is 2.12 bits per heavy atom. The van der Waals surface area contributed by atoms with Gasteiger partial charge in [0.25, 0.3) is 0 Å². The first-order valence-corrected chi connectivity index (χ1v) is 8.54. The van der Waals surface area contributed by atoms with Crippen molar-refractivity contribution >= 4 is 23.6 Å². The molecular formula is C19H21ClN2O3. The Bertz CT molecular complexity index is 779. The van der Waals surface area contributed by atoms with Gasteiger partial charge in [0.05, 0.1) is 25.5 Å². The number of carbonyl (C=O) groups excluding carboxylic acids is 1. The molecule has 0 radical (unpaired) electrons. The normalized spacial score (nSPS) is 16.0. The van der Waals surface area contributed by atoms with Crippen LogP contribution in [-0.2, 0) is 20.8 Å². The molecule has 1 aromatic carbocycles. The molecule has 1 aliphatic heterocycles. The molecule has 0 atom stereocenters. The molecule has 3 rings (SSSR count). The van der Waals surface area contributed by atoms with Crippen molar-refractivity contribution in [2.24, 2.45) is 5.41 Å². The predicted octanol–water partition coefficient (Wildman–Crippen LogP) is 3.49. The summed E-state index contributed by atoms with van der Waals surface area (Å²) in [6.07, 6.45) is 3.06. The third-order valence-corrected chi connectivity index (χ3v) is 4.53. The van der Waals surface area contributed by atoms with Crippen LogP contribution in [0, 0.1) is 12.3 Å². The van der Waals surface area contributed by atoms with Crippen molar-refractivity contribution in [3.63, 3.8) is 0 Å². The Hall–Kier alpha value is -2.11. The molecular weight excluding hydrogens is 340 g/mol. The van der Waals surface area contributed by atoms with E-state index in [1.165, 1.54) is 6.08 Å². The summed E-state index contributed by atoms with van der Waals surface area (Å²) in [5, 5.41) is 4.96. The van der Waals surface area contributed by atoms with Gasteiger partial charge >= 0.3 is 5.97 Å².